The smallest absolute Gasteiger partial charge is 0.267 e. The first-order chi connectivity index (χ1) is 11.1. The maximum absolute atomic E-state index is 12.9. The monoisotopic (exact) mass is 330 g/mol. The van der Waals surface area contributed by atoms with Crippen LogP contribution in [0, 0.1) is 5.41 Å². The van der Waals surface area contributed by atoms with Crippen LogP contribution >= 0.6 is 11.3 Å². The molecule has 1 atom stereocenters. The number of rotatable bonds is 4. The summed E-state index contributed by atoms with van der Waals surface area (Å²) in [5.74, 6) is 0.700. The van der Waals surface area contributed by atoms with E-state index < -0.39 is 0 Å². The third-order valence-electron chi connectivity index (χ3n) is 4.51. The van der Waals surface area contributed by atoms with E-state index in [1.165, 1.54) is 11.3 Å². The Labute approximate surface area is 140 Å². The van der Waals surface area contributed by atoms with Gasteiger partial charge >= 0.3 is 0 Å². The minimum atomic E-state index is 0.0302. The lowest BCUT2D eigenvalue weighted by Gasteiger charge is -2.22. The number of benzene rings is 1. The van der Waals surface area contributed by atoms with Crippen LogP contribution in [0.25, 0.3) is 10.4 Å². The topological polar surface area (TPSA) is 55.6 Å². The van der Waals surface area contributed by atoms with Crippen LogP contribution in [0.3, 0.4) is 0 Å². The minimum Gasteiger partial charge on any atom is -0.495 e. The van der Waals surface area contributed by atoms with E-state index in [1.54, 1.807) is 7.11 Å². The number of carbonyl (C=O) groups excluding carboxylic acids is 1. The molecule has 1 aliphatic rings. The molecule has 23 heavy (non-hydrogen) atoms. The van der Waals surface area contributed by atoms with Crippen molar-refractivity contribution in [1.29, 1.82) is 0 Å². The predicted octanol–water partition coefficient (Wildman–Crippen LogP) is 3.23. The lowest BCUT2D eigenvalue weighted by atomic mass is 9.90. The molecule has 1 fully saturated rings. The van der Waals surface area contributed by atoms with Crippen LogP contribution in [0.5, 0.6) is 5.75 Å². The zero-order valence-electron chi connectivity index (χ0n) is 13.5. The van der Waals surface area contributed by atoms with Crippen LogP contribution in [-0.2, 0) is 0 Å². The molecule has 2 aromatic rings. The number of nitrogens with two attached hydrogens (primary N) is 1. The van der Waals surface area contributed by atoms with Crippen LogP contribution in [0.2, 0.25) is 0 Å². The second-order valence-corrected chi connectivity index (χ2v) is 7.42. The quantitative estimate of drug-likeness (QED) is 0.936. The average molecular weight is 330 g/mol. The number of ether oxygens (including phenoxy) is 1. The average Bonchev–Trinajstić information content (AvgIpc) is 3.19. The number of nitrogens with zero attached hydrogens (tertiary/aromatic N) is 1. The Morgan fingerprint density at radius 3 is 2.74 bits per heavy atom. The molecule has 0 radical (unpaired) electrons. The molecule has 0 spiro atoms. The number of thiophene rings is 1. The predicted molar refractivity (Wildman–Crippen MR) is 94.0 cm³/mol. The van der Waals surface area contributed by atoms with Gasteiger partial charge < -0.3 is 15.4 Å². The number of hydrogen-bond donors (Lipinski definition) is 1. The summed E-state index contributed by atoms with van der Waals surface area (Å²) in [4.78, 5) is 16.5. The van der Waals surface area contributed by atoms with E-state index in [0.29, 0.717) is 23.7 Å². The molecule has 0 saturated carbocycles. The third kappa shape index (κ3) is 3.12. The number of likely N-dealkylation sites (tertiary alicyclic amines) is 1. The highest BCUT2D eigenvalue weighted by Crippen LogP contribution is 2.38. The normalized spacial score (nSPS) is 20.7. The molecular formula is C18H22N2O2S. The molecule has 0 bridgehead atoms. The molecule has 1 aliphatic heterocycles. The number of carbonyl (C=O) groups is 1. The lowest BCUT2D eigenvalue weighted by Crippen LogP contribution is -2.34. The van der Waals surface area contributed by atoms with Gasteiger partial charge in [-0.1, -0.05) is 37.3 Å². The summed E-state index contributed by atoms with van der Waals surface area (Å²) in [6.45, 7) is 4.22. The number of amides is 1. The number of hydrogen-bond acceptors (Lipinski definition) is 4. The summed E-state index contributed by atoms with van der Waals surface area (Å²) >= 11 is 1.49. The molecule has 1 aromatic carbocycles. The van der Waals surface area contributed by atoms with Gasteiger partial charge in [0.25, 0.3) is 5.91 Å². The molecule has 122 valence electrons. The number of methoxy groups -OCH3 is 1. The first-order valence-corrected chi connectivity index (χ1v) is 8.60. The molecule has 5 heteroatoms. The van der Waals surface area contributed by atoms with Crippen molar-refractivity contribution in [1.82, 2.24) is 4.90 Å². The van der Waals surface area contributed by atoms with Gasteiger partial charge in [0, 0.05) is 18.0 Å². The zero-order valence-corrected chi connectivity index (χ0v) is 14.4. The molecule has 1 unspecified atom stereocenters. The Morgan fingerprint density at radius 2 is 2.13 bits per heavy atom. The van der Waals surface area contributed by atoms with Crippen molar-refractivity contribution in [2.24, 2.45) is 11.1 Å². The van der Waals surface area contributed by atoms with Crippen LogP contribution in [-0.4, -0.2) is 37.6 Å². The highest BCUT2D eigenvalue weighted by molar-refractivity contribution is 7.17. The van der Waals surface area contributed by atoms with Crippen LogP contribution in [0.15, 0.2) is 36.4 Å². The Morgan fingerprint density at radius 1 is 1.39 bits per heavy atom. The van der Waals surface area contributed by atoms with Crippen molar-refractivity contribution in [3.05, 3.63) is 41.3 Å². The Hall–Kier alpha value is -1.85. The summed E-state index contributed by atoms with van der Waals surface area (Å²) in [6.07, 6.45) is 0.953. The Bertz CT molecular complexity index is 698. The van der Waals surface area contributed by atoms with Gasteiger partial charge in [0.2, 0.25) is 0 Å². The standard InChI is InChI=1S/C18H22N2O2S/c1-18(11-19)8-9-20(12-18)17(21)16-14(22-2)10-15(23-16)13-6-4-3-5-7-13/h3-7,10H,8-9,11-12,19H2,1-2H3. The van der Waals surface area contributed by atoms with Gasteiger partial charge in [0.1, 0.15) is 10.6 Å². The van der Waals surface area contributed by atoms with Crippen molar-refractivity contribution in [2.75, 3.05) is 26.7 Å². The van der Waals surface area contributed by atoms with Gasteiger partial charge in [-0.2, -0.15) is 0 Å². The SMILES string of the molecule is COc1cc(-c2ccccc2)sc1C(=O)N1CCC(C)(CN)C1. The van der Waals surface area contributed by atoms with Crippen LogP contribution in [0.4, 0.5) is 0 Å². The second-order valence-electron chi connectivity index (χ2n) is 6.37. The molecule has 0 aliphatic carbocycles. The van der Waals surface area contributed by atoms with E-state index in [2.05, 4.69) is 6.92 Å². The summed E-state index contributed by atoms with van der Waals surface area (Å²) in [5, 5.41) is 0. The largest absolute Gasteiger partial charge is 0.495 e. The van der Waals surface area contributed by atoms with E-state index >= 15 is 0 Å². The summed E-state index contributed by atoms with van der Waals surface area (Å²) in [7, 11) is 1.61. The van der Waals surface area contributed by atoms with Crippen molar-refractivity contribution >= 4 is 17.2 Å². The minimum absolute atomic E-state index is 0.0302. The lowest BCUT2D eigenvalue weighted by molar-refractivity contribution is 0.0778. The van der Waals surface area contributed by atoms with E-state index in [0.717, 1.165) is 23.4 Å². The zero-order chi connectivity index (χ0) is 16.4. The van der Waals surface area contributed by atoms with Gasteiger partial charge in [0.05, 0.1) is 7.11 Å². The third-order valence-corrected chi connectivity index (χ3v) is 5.66. The first-order valence-electron chi connectivity index (χ1n) is 7.79. The molecule has 1 saturated heterocycles. The van der Waals surface area contributed by atoms with Crippen molar-refractivity contribution in [3.63, 3.8) is 0 Å². The van der Waals surface area contributed by atoms with Gasteiger partial charge in [-0.3, -0.25) is 4.79 Å². The van der Waals surface area contributed by atoms with Crippen molar-refractivity contribution < 1.29 is 9.53 Å². The molecular weight excluding hydrogens is 308 g/mol. The molecule has 3 rings (SSSR count). The van der Waals surface area contributed by atoms with Crippen LogP contribution in [0.1, 0.15) is 23.0 Å². The van der Waals surface area contributed by atoms with Gasteiger partial charge in [-0.05, 0) is 30.0 Å². The van der Waals surface area contributed by atoms with Gasteiger partial charge in [-0.25, -0.2) is 0 Å². The van der Waals surface area contributed by atoms with Crippen molar-refractivity contribution in [2.45, 2.75) is 13.3 Å². The second kappa shape index (κ2) is 6.34. The summed E-state index contributed by atoms with van der Waals surface area (Å²) < 4.78 is 5.44. The fourth-order valence-electron chi connectivity index (χ4n) is 2.93. The Kier molecular flexibility index (Phi) is 4.41. The maximum Gasteiger partial charge on any atom is 0.267 e. The fourth-order valence-corrected chi connectivity index (χ4v) is 4.03. The fraction of sp³-hybridized carbons (Fsp3) is 0.389. The van der Waals surface area contributed by atoms with E-state index in [9.17, 15) is 4.79 Å². The highest BCUT2D eigenvalue weighted by Gasteiger charge is 2.36. The van der Waals surface area contributed by atoms with E-state index in [4.69, 9.17) is 10.5 Å². The van der Waals surface area contributed by atoms with Gasteiger partial charge in [0.15, 0.2) is 0 Å². The summed E-state index contributed by atoms with van der Waals surface area (Å²) in [5.41, 5.74) is 6.98. The summed E-state index contributed by atoms with van der Waals surface area (Å²) in [6, 6.07) is 12.0. The van der Waals surface area contributed by atoms with E-state index in [1.807, 2.05) is 41.3 Å². The molecule has 1 amide bonds. The first kappa shape index (κ1) is 16.0. The Balaban J connectivity index is 1.88. The maximum atomic E-state index is 12.9. The van der Waals surface area contributed by atoms with E-state index in [-0.39, 0.29) is 11.3 Å². The molecule has 1 aromatic heterocycles. The van der Waals surface area contributed by atoms with Gasteiger partial charge in [-0.15, -0.1) is 11.3 Å². The highest BCUT2D eigenvalue weighted by atomic mass is 32.1. The molecule has 2 heterocycles. The van der Waals surface area contributed by atoms with Crippen LogP contribution < -0.4 is 10.5 Å². The molecule has 4 nitrogen and oxygen atoms in total. The van der Waals surface area contributed by atoms with Crippen molar-refractivity contribution in [3.8, 4) is 16.2 Å². The molecule has 2 N–H and O–H groups in total.